The van der Waals surface area contributed by atoms with Gasteiger partial charge >= 0.3 is 5.97 Å². The molecule has 1 saturated carbocycles. The largest absolute Gasteiger partial charge is 0.464 e. The van der Waals surface area contributed by atoms with Crippen LogP contribution in [0.1, 0.15) is 23.3 Å². The molecule has 0 aromatic carbocycles. The molecule has 0 radical (unpaired) electrons. The Morgan fingerprint density at radius 3 is 3.00 bits per heavy atom. The van der Waals surface area contributed by atoms with Gasteiger partial charge in [0.1, 0.15) is 5.82 Å². The van der Waals surface area contributed by atoms with Crippen molar-refractivity contribution in [1.29, 1.82) is 0 Å². The van der Waals surface area contributed by atoms with Gasteiger partial charge in [0.05, 0.1) is 19.5 Å². The average molecular weight is 250 g/mol. The first-order valence-corrected chi connectivity index (χ1v) is 6.05. The summed E-state index contributed by atoms with van der Waals surface area (Å²) in [6, 6.07) is 0.749. The third-order valence-corrected chi connectivity index (χ3v) is 2.97. The summed E-state index contributed by atoms with van der Waals surface area (Å²) in [6.07, 6.45) is 5.60. The Hall–Kier alpha value is -1.69. The van der Waals surface area contributed by atoms with Gasteiger partial charge in [0.25, 0.3) is 0 Å². The number of nitrogens with one attached hydrogen (secondary N) is 1. The van der Waals surface area contributed by atoms with E-state index in [4.69, 9.17) is 0 Å². The van der Waals surface area contributed by atoms with Gasteiger partial charge in [-0.2, -0.15) is 0 Å². The summed E-state index contributed by atoms with van der Waals surface area (Å²) in [5.41, 5.74) is 0.220. The molecule has 0 saturated heterocycles. The molecule has 1 fully saturated rings. The van der Waals surface area contributed by atoms with Crippen molar-refractivity contribution in [2.75, 3.05) is 32.6 Å². The van der Waals surface area contributed by atoms with Crippen molar-refractivity contribution in [2.45, 2.75) is 18.9 Å². The molecular weight excluding hydrogens is 232 g/mol. The fourth-order valence-electron chi connectivity index (χ4n) is 1.71. The zero-order valence-corrected chi connectivity index (χ0v) is 10.7. The molecule has 1 aliphatic carbocycles. The summed E-state index contributed by atoms with van der Waals surface area (Å²) in [5.74, 6) is 0.128. The van der Waals surface area contributed by atoms with Gasteiger partial charge in [0, 0.05) is 19.1 Å². The van der Waals surface area contributed by atoms with E-state index in [-0.39, 0.29) is 5.69 Å². The molecule has 0 bridgehead atoms. The fourth-order valence-corrected chi connectivity index (χ4v) is 1.71. The molecule has 0 aliphatic heterocycles. The normalized spacial score (nSPS) is 14.6. The Morgan fingerprint density at radius 2 is 2.33 bits per heavy atom. The summed E-state index contributed by atoms with van der Waals surface area (Å²) < 4.78 is 4.60. The van der Waals surface area contributed by atoms with E-state index in [2.05, 4.69) is 32.0 Å². The SMILES string of the molecule is COC(=O)c1cncc(NCCN(C)C2CC2)n1. The van der Waals surface area contributed by atoms with Crippen LogP contribution >= 0.6 is 0 Å². The maximum absolute atomic E-state index is 11.3. The molecule has 1 N–H and O–H groups in total. The first-order chi connectivity index (χ1) is 8.70. The predicted octanol–water partition coefficient (Wildman–Crippen LogP) is 0.769. The second kappa shape index (κ2) is 5.77. The zero-order chi connectivity index (χ0) is 13.0. The van der Waals surface area contributed by atoms with Crippen LogP contribution in [-0.4, -0.2) is 54.1 Å². The van der Waals surface area contributed by atoms with Crippen LogP contribution in [0.3, 0.4) is 0 Å². The number of anilines is 1. The Kier molecular flexibility index (Phi) is 4.09. The van der Waals surface area contributed by atoms with Gasteiger partial charge in [-0.3, -0.25) is 4.98 Å². The van der Waals surface area contributed by atoms with Crippen molar-refractivity contribution in [3.8, 4) is 0 Å². The van der Waals surface area contributed by atoms with E-state index in [1.54, 1.807) is 6.20 Å². The fraction of sp³-hybridized carbons (Fsp3) is 0.583. The Labute approximate surface area is 106 Å². The summed E-state index contributed by atoms with van der Waals surface area (Å²) in [5, 5.41) is 3.15. The lowest BCUT2D eigenvalue weighted by atomic mass is 10.4. The molecule has 0 spiro atoms. The minimum absolute atomic E-state index is 0.220. The summed E-state index contributed by atoms with van der Waals surface area (Å²) in [6.45, 7) is 1.74. The standard InChI is InChI=1S/C12H18N4O2/c1-16(9-3-4-9)6-5-14-11-8-13-7-10(15-11)12(17)18-2/h7-9H,3-6H2,1-2H3,(H,14,15). The summed E-state index contributed by atoms with van der Waals surface area (Å²) >= 11 is 0. The van der Waals surface area contributed by atoms with Crippen molar-refractivity contribution >= 4 is 11.8 Å². The minimum atomic E-state index is -0.471. The van der Waals surface area contributed by atoms with Crippen LogP contribution in [0.25, 0.3) is 0 Å². The molecule has 0 atom stereocenters. The maximum Gasteiger partial charge on any atom is 0.358 e. The van der Waals surface area contributed by atoms with E-state index in [0.717, 1.165) is 19.1 Å². The van der Waals surface area contributed by atoms with Gasteiger partial charge < -0.3 is 15.0 Å². The summed E-state index contributed by atoms with van der Waals surface area (Å²) in [4.78, 5) is 21.7. The number of aromatic nitrogens is 2. The first-order valence-electron chi connectivity index (χ1n) is 6.05. The number of hydrogen-bond donors (Lipinski definition) is 1. The van der Waals surface area contributed by atoms with Gasteiger partial charge in [-0.1, -0.05) is 0 Å². The van der Waals surface area contributed by atoms with E-state index in [1.807, 2.05) is 0 Å². The number of methoxy groups -OCH3 is 1. The van der Waals surface area contributed by atoms with E-state index >= 15 is 0 Å². The van der Waals surface area contributed by atoms with Crippen molar-refractivity contribution in [3.05, 3.63) is 18.1 Å². The molecule has 1 aromatic rings. The Balaban J connectivity index is 1.83. The highest BCUT2D eigenvalue weighted by Gasteiger charge is 2.25. The lowest BCUT2D eigenvalue weighted by Crippen LogP contribution is -2.27. The van der Waals surface area contributed by atoms with E-state index in [9.17, 15) is 4.79 Å². The molecule has 1 heterocycles. The molecule has 98 valence electrons. The smallest absolute Gasteiger partial charge is 0.358 e. The Bertz CT molecular complexity index is 420. The van der Waals surface area contributed by atoms with Crippen molar-refractivity contribution in [1.82, 2.24) is 14.9 Å². The maximum atomic E-state index is 11.3. The Morgan fingerprint density at radius 1 is 1.56 bits per heavy atom. The second-order valence-electron chi connectivity index (χ2n) is 4.42. The number of hydrogen-bond acceptors (Lipinski definition) is 6. The monoisotopic (exact) mass is 250 g/mol. The molecule has 1 aromatic heterocycles. The lowest BCUT2D eigenvalue weighted by Gasteiger charge is -2.15. The number of nitrogens with zero attached hydrogens (tertiary/aromatic N) is 3. The van der Waals surface area contributed by atoms with Crippen LogP contribution in [0.4, 0.5) is 5.82 Å². The van der Waals surface area contributed by atoms with Crippen LogP contribution in [0.5, 0.6) is 0 Å². The number of likely N-dealkylation sites (N-methyl/N-ethyl adjacent to an activating group) is 1. The van der Waals surface area contributed by atoms with Gasteiger partial charge in [0.15, 0.2) is 5.69 Å². The van der Waals surface area contributed by atoms with Gasteiger partial charge in [-0.25, -0.2) is 9.78 Å². The minimum Gasteiger partial charge on any atom is -0.464 e. The number of carbonyl (C=O) groups is 1. The summed E-state index contributed by atoms with van der Waals surface area (Å²) in [7, 11) is 3.45. The van der Waals surface area contributed by atoms with Crippen LogP contribution in [0.15, 0.2) is 12.4 Å². The number of carbonyl (C=O) groups excluding carboxylic acids is 1. The zero-order valence-electron chi connectivity index (χ0n) is 10.7. The van der Waals surface area contributed by atoms with E-state index in [1.165, 1.54) is 26.1 Å². The highest BCUT2D eigenvalue weighted by Crippen LogP contribution is 2.24. The highest BCUT2D eigenvalue weighted by molar-refractivity contribution is 5.87. The third-order valence-electron chi connectivity index (χ3n) is 2.97. The van der Waals surface area contributed by atoms with Gasteiger partial charge in [0.2, 0.25) is 0 Å². The highest BCUT2D eigenvalue weighted by atomic mass is 16.5. The van der Waals surface area contributed by atoms with Crippen molar-refractivity contribution < 1.29 is 9.53 Å². The number of rotatable bonds is 6. The molecule has 2 rings (SSSR count). The molecule has 18 heavy (non-hydrogen) atoms. The predicted molar refractivity (Wildman–Crippen MR) is 67.5 cm³/mol. The topological polar surface area (TPSA) is 67.3 Å². The quantitative estimate of drug-likeness (QED) is 0.752. The molecule has 0 amide bonds. The van der Waals surface area contributed by atoms with Crippen LogP contribution in [0.2, 0.25) is 0 Å². The average Bonchev–Trinajstić information content (AvgIpc) is 3.22. The molecule has 1 aliphatic rings. The van der Waals surface area contributed by atoms with Gasteiger partial charge in [-0.05, 0) is 19.9 Å². The second-order valence-corrected chi connectivity index (χ2v) is 4.42. The molecular formula is C12H18N4O2. The molecule has 6 heteroatoms. The van der Waals surface area contributed by atoms with Crippen LogP contribution in [0, 0.1) is 0 Å². The number of esters is 1. The number of ether oxygens (including phenoxy) is 1. The van der Waals surface area contributed by atoms with E-state index in [0.29, 0.717) is 5.82 Å². The van der Waals surface area contributed by atoms with Crippen LogP contribution < -0.4 is 5.32 Å². The third kappa shape index (κ3) is 3.40. The van der Waals surface area contributed by atoms with Gasteiger partial charge in [-0.15, -0.1) is 0 Å². The van der Waals surface area contributed by atoms with Crippen molar-refractivity contribution in [2.24, 2.45) is 0 Å². The first kappa shape index (κ1) is 12.8. The molecule has 0 unspecified atom stereocenters. The van der Waals surface area contributed by atoms with E-state index < -0.39 is 5.97 Å². The van der Waals surface area contributed by atoms with Crippen molar-refractivity contribution in [3.63, 3.8) is 0 Å². The molecule has 6 nitrogen and oxygen atoms in total. The lowest BCUT2D eigenvalue weighted by molar-refractivity contribution is 0.0593. The van der Waals surface area contributed by atoms with Crippen LogP contribution in [-0.2, 0) is 4.74 Å².